The van der Waals surface area contributed by atoms with Gasteiger partial charge in [0.2, 0.25) is 11.6 Å². The molecule has 0 bridgehead atoms. The highest BCUT2D eigenvalue weighted by atomic mass is 16.4. The second-order valence-corrected chi connectivity index (χ2v) is 5.15. The van der Waals surface area contributed by atoms with Crippen molar-refractivity contribution in [3.05, 3.63) is 47.1 Å². The average molecular weight is 278 g/mol. The first-order valence-electron chi connectivity index (χ1n) is 6.79. The Hall–Kier alpha value is -2.39. The number of nitrogens with zero attached hydrogens (tertiary/aromatic N) is 4. The Bertz CT molecular complexity index is 741. The van der Waals surface area contributed by atoms with Gasteiger partial charge in [0.05, 0.1) is 13.2 Å². The topological polar surface area (TPSA) is 42.6 Å². The largest absolute Gasteiger partial charge is 0.427 e. The lowest BCUT2D eigenvalue weighted by molar-refractivity contribution is 0.333. The quantitative estimate of drug-likeness (QED) is 0.625. The molecule has 0 N–H and O–H groups in total. The third-order valence-electron chi connectivity index (χ3n) is 3.80. The van der Waals surface area contributed by atoms with Gasteiger partial charge in [-0.1, -0.05) is 12.9 Å². The van der Waals surface area contributed by atoms with E-state index in [1.54, 1.807) is 6.20 Å². The van der Waals surface area contributed by atoms with Gasteiger partial charge in [-0.25, -0.2) is 14.8 Å². The maximum Gasteiger partial charge on any atom is 0.324 e. The van der Waals surface area contributed by atoms with Gasteiger partial charge in [0.25, 0.3) is 0 Å². The normalized spacial score (nSPS) is 13.0. The molecule has 0 fully saturated rings. The molecule has 0 spiro atoms. The molecule has 6 heteroatoms. The van der Waals surface area contributed by atoms with E-state index in [4.69, 9.17) is 11.2 Å². The average Bonchev–Trinajstić information content (AvgIpc) is 2.87. The minimum Gasteiger partial charge on any atom is -0.427 e. The highest BCUT2D eigenvalue weighted by Crippen LogP contribution is 2.25. The van der Waals surface area contributed by atoms with Gasteiger partial charge in [0.15, 0.2) is 0 Å². The fraction of sp³-hybridized carbons (Fsp3) is 0.267. The van der Waals surface area contributed by atoms with Gasteiger partial charge in [-0.15, -0.1) is 0 Å². The van der Waals surface area contributed by atoms with Gasteiger partial charge < -0.3 is 9.55 Å². The summed E-state index contributed by atoms with van der Waals surface area (Å²) in [5, 5.41) is 0. The lowest BCUT2D eigenvalue weighted by Crippen LogP contribution is -2.24. The van der Waals surface area contributed by atoms with E-state index in [-0.39, 0.29) is 6.92 Å². The Morgan fingerprint density at radius 1 is 1.43 bits per heavy atom. The monoisotopic (exact) mass is 278 g/mol. The van der Waals surface area contributed by atoms with Crippen molar-refractivity contribution in [1.82, 2.24) is 9.97 Å². The van der Waals surface area contributed by atoms with Crippen molar-refractivity contribution >= 4 is 29.7 Å². The van der Waals surface area contributed by atoms with Crippen LogP contribution in [0.2, 0.25) is 6.82 Å². The number of anilines is 2. The lowest BCUT2D eigenvalue weighted by atomic mass is 9.64. The number of aromatic nitrogens is 2. The summed E-state index contributed by atoms with van der Waals surface area (Å²) < 4.78 is 5.63. The van der Waals surface area contributed by atoms with E-state index in [1.165, 1.54) is 11.0 Å². The molecule has 1 aliphatic heterocycles. The molecule has 104 valence electrons. The van der Waals surface area contributed by atoms with Crippen molar-refractivity contribution in [1.29, 1.82) is 0 Å². The van der Waals surface area contributed by atoms with E-state index in [0.717, 1.165) is 5.69 Å². The first-order valence-corrected chi connectivity index (χ1v) is 6.79. The SMILES string of the molecule is [C-]#[N+]c1cnc(N(C)c2ccc3c(c2)COB3C)nc1C. The Morgan fingerprint density at radius 2 is 2.24 bits per heavy atom. The predicted octanol–water partition coefficient (Wildman–Crippen LogP) is 2.46. The molecule has 0 atom stereocenters. The van der Waals surface area contributed by atoms with Crippen molar-refractivity contribution in [3.8, 4) is 0 Å². The smallest absolute Gasteiger partial charge is 0.324 e. The Balaban J connectivity index is 1.94. The zero-order valence-corrected chi connectivity index (χ0v) is 12.3. The molecule has 5 nitrogen and oxygen atoms in total. The van der Waals surface area contributed by atoms with Crippen LogP contribution in [-0.2, 0) is 11.3 Å². The van der Waals surface area contributed by atoms with E-state index in [2.05, 4.69) is 33.8 Å². The van der Waals surface area contributed by atoms with Crippen LogP contribution in [0.4, 0.5) is 17.3 Å². The molecule has 0 saturated carbocycles. The van der Waals surface area contributed by atoms with Crippen LogP contribution in [0.3, 0.4) is 0 Å². The van der Waals surface area contributed by atoms with E-state index in [9.17, 15) is 0 Å². The van der Waals surface area contributed by atoms with Gasteiger partial charge in [-0.05, 0) is 30.1 Å². The van der Waals surface area contributed by atoms with Gasteiger partial charge in [-0.3, -0.25) is 0 Å². The van der Waals surface area contributed by atoms with Crippen molar-refractivity contribution in [3.63, 3.8) is 0 Å². The van der Waals surface area contributed by atoms with Crippen molar-refractivity contribution in [2.24, 2.45) is 0 Å². The van der Waals surface area contributed by atoms with E-state index < -0.39 is 0 Å². The molecule has 1 aromatic carbocycles. The molecule has 2 aromatic rings. The Kier molecular flexibility index (Phi) is 3.36. The van der Waals surface area contributed by atoms with Gasteiger partial charge in [0.1, 0.15) is 0 Å². The minimum atomic E-state index is 0.163. The number of aryl methyl sites for hydroxylation is 1. The Labute approximate surface area is 124 Å². The second kappa shape index (κ2) is 5.19. The van der Waals surface area contributed by atoms with Gasteiger partial charge in [0, 0.05) is 24.6 Å². The number of fused-ring (bicyclic) bond motifs is 1. The third kappa shape index (κ3) is 2.37. The highest BCUT2D eigenvalue weighted by molar-refractivity contribution is 6.67. The summed E-state index contributed by atoms with van der Waals surface area (Å²) in [6, 6.07) is 6.25. The van der Waals surface area contributed by atoms with Crippen LogP contribution in [0, 0.1) is 13.5 Å². The molecule has 3 rings (SSSR count). The maximum absolute atomic E-state index is 7.05. The van der Waals surface area contributed by atoms with Crippen LogP contribution in [0.15, 0.2) is 24.4 Å². The molecule has 2 heterocycles. The van der Waals surface area contributed by atoms with Crippen LogP contribution < -0.4 is 10.4 Å². The number of hydrogen-bond acceptors (Lipinski definition) is 4. The summed E-state index contributed by atoms with van der Waals surface area (Å²) in [5.41, 5.74) is 4.65. The number of hydrogen-bond donors (Lipinski definition) is 0. The molecule has 0 aliphatic carbocycles. The predicted molar refractivity (Wildman–Crippen MR) is 83.6 cm³/mol. The zero-order chi connectivity index (χ0) is 15.0. The molecule has 0 unspecified atom stereocenters. The van der Waals surface area contributed by atoms with Gasteiger partial charge >= 0.3 is 6.92 Å². The summed E-state index contributed by atoms with van der Waals surface area (Å²) >= 11 is 0. The minimum absolute atomic E-state index is 0.163. The first-order chi connectivity index (χ1) is 10.1. The van der Waals surface area contributed by atoms with Crippen molar-refractivity contribution < 1.29 is 4.65 Å². The molecule has 1 aromatic heterocycles. The molecule has 0 amide bonds. The Morgan fingerprint density at radius 3 is 2.95 bits per heavy atom. The second-order valence-electron chi connectivity index (χ2n) is 5.15. The lowest BCUT2D eigenvalue weighted by Gasteiger charge is -2.18. The molecule has 21 heavy (non-hydrogen) atoms. The zero-order valence-electron chi connectivity index (χ0n) is 12.3. The highest BCUT2D eigenvalue weighted by Gasteiger charge is 2.23. The van der Waals surface area contributed by atoms with Crippen LogP contribution in [0.5, 0.6) is 0 Å². The molecular weight excluding hydrogens is 263 g/mol. The van der Waals surface area contributed by atoms with Crippen LogP contribution in [-0.4, -0.2) is 23.9 Å². The summed E-state index contributed by atoms with van der Waals surface area (Å²) in [7, 11) is 1.92. The summed E-state index contributed by atoms with van der Waals surface area (Å²) in [4.78, 5) is 14.0. The van der Waals surface area contributed by atoms with E-state index in [0.29, 0.717) is 23.9 Å². The van der Waals surface area contributed by atoms with Crippen LogP contribution in [0.1, 0.15) is 11.3 Å². The summed E-state index contributed by atoms with van der Waals surface area (Å²) in [6.45, 7) is 11.7. The number of rotatable bonds is 2. The summed E-state index contributed by atoms with van der Waals surface area (Å²) in [5.74, 6) is 0.590. The third-order valence-corrected chi connectivity index (χ3v) is 3.80. The van der Waals surface area contributed by atoms with Crippen molar-refractivity contribution in [2.75, 3.05) is 11.9 Å². The molecular formula is C15H15BN4O. The van der Waals surface area contributed by atoms with Crippen molar-refractivity contribution in [2.45, 2.75) is 20.4 Å². The van der Waals surface area contributed by atoms with Crippen LogP contribution in [0.25, 0.3) is 4.85 Å². The molecule has 1 aliphatic rings. The number of benzene rings is 1. The summed E-state index contributed by atoms with van der Waals surface area (Å²) in [6.07, 6.45) is 1.57. The van der Waals surface area contributed by atoms with E-state index >= 15 is 0 Å². The molecule has 0 saturated heterocycles. The molecule has 0 radical (unpaired) electrons. The fourth-order valence-corrected chi connectivity index (χ4v) is 2.46. The maximum atomic E-state index is 7.05. The standard InChI is InChI=1S/C15H15BN4O/c1-10-14(17-3)8-18-15(19-10)20(4)12-5-6-13-11(7-12)9-21-16(13)2/h5-8H,9H2,1-2,4H3. The van der Waals surface area contributed by atoms with Gasteiger partial charge in [-0.2, -0.15) is 0 Å². The first kappa shape index (κ1) is 13.6. The van der Waals surface area contributed by atoms with Crippen LogP contribution >= 0.6 is 0 Å². The van der Waals surface area contributed by atoms with E-state index in [1.807, 2.05) is 24.9 Å². The fourth-order valence-electron chi connectivity index (χ4n) is 2.46.